The number of aromatic nitrogens is 1. The number of hydrogen-bond acceptors (Lipinski definition) is 5. The van der Waals surface area contributed by atoms with E-state index in [-0.39, 0.29) is 18.4 Å². The minimum absolute atomic E-state index is 0.187. The van der Waals surface area contributed by atoms with Gasteiger partial charge in [-0.2, -0.15) is 0 Å². The first-order valence-electron chi connectivity index (χ1n) is 7.57. The van der Waals surface area contributed by atoms with Crippen molar-refractivity contribution in [3.63, 3.8) is 0 Å². The first-order chi connectivity index (χ1) is 11.5. The molecule has 1 aliphatic rings. The van der Waals surface area contributed by atoms with E-state index in [2.05, 4.69) is 4.98 Å². The average molecular weight is 346 g/mol. The molecule has 1 aliphatic heterocycles. The number of carbonyl (C=O) groups is 2. The fraction of sp³-hybridized carbons (Fsp3) is 0.353. The molecule has 3 rings (SSSR count). The molecule has 1 saturated heterocycles. The Hall–Kier alpha value is -2.41. The van der Waals surface area contributed by atoms with Crippen LogP contribution in [0.15, 0.2) is 29.6 Å². The molecule has 1 N–H and O–H groups in total. The molecule has 0 spiro atoms. The predicted octanol–water partition coefficient (Wildman–Crippen LogP) is 2.40. The van der Waals surface area contributed by atoms with E-state index in [1.165, 1.54) is 11.3 Å². The van der Waals surface area contributed by atoms with Gasteiger partial charge in [-0.15, -0.1) is 11.3 Å². The number of thiazole rings is 1. The van der Waals surface area contributed by atoms with E-state index in [4.69, 9.17) is 4.74 Å². The van der Waals surface area contributed by atoms with Crippen molar-refractivity contribution in [3.05, 3.63) is 45.9 Å². The summed E-state index contributed by atoms with van der Waals surface area (Å²) in [5, 5.41) is 12.1. The van der Waals surface area contributed by atoms with Gasteiger partial charge in [-0.1, -0.05) is 12.1 Å². The number of likely N-dealkylation sites (tertiary alicyclic amines) is 1. The molecular weight excluding hydrogens is 328 g/mol. The second-order valence-electron chi connectivity index (χ2n) is 5.79. The third kappa shape index (κ3) is 3.12. The van der Waals surface area contributed by atoms with Crippen LogP contribution in [0, 0.1) is 12.8 Å². The fourth-order valence-electron chi connectivity index (χ4n) is 3.05. The van der Waals surface area contributed by atoms with Crippen LogP contribution in [0.4, 0.5) is 0 Å². The lowest BCUT2D eigenvalue weighted by Crippen LogP contribution is -2.30. The van der Waals surface area contributed by atoms with Crippen molar-refractivity contribution in [1.29, 1.82) is 0 Å². The number of carboxylic acids is 1. The Morgan fingerprint density at radius 2 is 2.17 bits per heavy atom. The lowest BCUT2D eigenvalue weighted by atomic mass is 9.89. The highest BCUT2D eigenvalue weighted by Gasteiger charge is 2.41. The van der Waals surface area contributed by atoms with Crippen LogP contribution in [0.3, 0.4) is 0 Å². The fourth-order valence-corrected chi connectivity index (χ4v) is 3.64. The van der Waals surface area contributed by atoms with Crippen molar-refractivity contribution in [2.75, 3.05) is 20.2 Å². The lowest BCUT2D eigenvalue weighted by molar-refractivity contribution is -0.141. The molecule has 6 nitrogen and oxygen atoms in total. The van der Waals surface area contributed by atoms with Crippen molar-refractivity contribution >= 4 is 23.2 Å². The van der Waals surface area contributed by atoms with Gasteiger partial charge in [0.2, 0.25) is 0 Å². The maximum Gasteiger partial charge on any atom is 0.308 e. The molecule has 0 aliphatic carbocycles. The van der Waals surface area contributed by atoms with E-state index in [0.29, 0.717) is 18.0 Å². The van der Waals surface area contributed by atoms with E-state index in [1.54, 1.807) is 17.4 Å². The molecule has 0 bridgehead atoms. The number of benzene rings is 1. The summed E-state index contributed by atoms with van der Waals surface area (Å²) in [5.74, 6) is -1.33. The monoisotopic (exact) mass is 346 g/mol. The van der Waals surface area contributed by atoms with E-state index in [0.717, 1.165) is 10.6 Å². The molecule has 1 aromatic carbocycles. The quantitative estimate of drug-likeness (QED) is 0.919. The number of aryl methyl sites for hydroxylation is 1. The number of carbonyl (C=O) groups excluding carboxylic acids is 1. The highest BCUT2D eigenvalue weighted by atomic mass is 32.1. The zero-order valence-corrected chi connectivity index (χ0v) is 14.2. The molecule has 2 atom stereocenters. The Morgan fingerprint density at radius 1 is 1.38 bits per heavy atom. The van der Waals surface area contributed by atoms with Gasteiger partial charge in [-0.3, -0.25) is 9.59 Å². The van der Waals surface area contributed by atoms with E-state index < -0.39 is 11.9 Å². The van der Waals surface area contributed by atoms with Gasteiger partial charge in [0.25, 0.3) is 5.91 Å². The van der Waals surface area contributed by atoms with Gasteiger partial charge in [-0.05, 0) is 24.6 Å². The van der Waals surface area contributed by atoms with Crippen LogP contribution in [-0.4, -0.2) is 47.1 Å². The summed E-state index contributed by atoms with van der Waals surface area (Å²) < 4.78 is 5.22. The van der Waals surface area contributed by atoms with Crippen LogP contribution >= 0.6 is 11.3 Å². The minimum Gasteiger partial charge on any atom is -0.497 e. The zero-order valence-electron chi connectivity index (χ0n) is 13.4. The largest absolute Gasteiger partial charge is 0.497 e. The van der Waals surface area contributed by atoms with Gasteiger partial charge in [0, 0.05) is 24.4 Å². The molecule has 7 heteroatoms. The number of ether oxygens (including phenoxy) is 1. The Kier molecular flexibility index (Phi) is 4.53. The molecule has 0 unspecified atom stereocenters. The maximum atomic E-state index is 12.6. The first kappa shape index (κ1) is 16.4. The van der Waals surface area contributed by atoms with Gasteiger partial charge >= 0.3 is 5.97 Å². The summed E-state index contributed by atoms with van der Waals surface area (Å²) in [6.07, 6.45) is 0. The van der Waals surface area contributed by atoms with Crippen molar-refractivity contribution in [3.8, 4) is 5.75 Å². The molecule has 1 fully saturated rings. The number of methoxy groups -OCH3 is 1. The molecule has 0 radical (unpaired) electrons. The molecule has 1 amide bonds. The molecule has 1 aromatic heterocycles. The van der Waals surface area contributed by atoms with Crippen molar-refractivity contribution in [2.24, 2.45) is 5.92 Å². The van der Waals surface area contributed by atoms with Crippen LogP contribution in [0.1, 0.15) is 27.0 Å². The highest BCUT2D eigenvalue weighted by Crippen LogP contribution is 2.35. The number of aliphatic carboxylic acids is 1. The molecule has 126 valence electrons. The number of carboxylic acid groups (broad SMARTS) is 1. The lowest BCUT2D eigenvalue weighted by Gasteiger charge is -2.16. The number of rotatable bonds is 4. The van der Waals surface area contributed by atoms with E-state index in [9.17, 15) is 14.7 Å². The van der Waals surface area contributed by atoms with Crippen LogP contribution in [0.5, 0.6) is 5.75 Å². The van der Waals surface area contributed by atoms with Gasteiger partial charge in [0.05, 0.1) is 18.0 Å². The summed E-state index contributed by atoms with van der Waals surface area (Å²) in [7, 11) is 1.57. The standard InChI is InChI=1S/C17H18N2O4S/c1-10-18-15(9-24-10)16(20)19-7-13(14(8-19)17(21)22)11-4-3-5-12(6-11)23-2/h3-6,9,13-14H,7-8H2,1-2H3,(H,21,22)/t13-,14+/m1/s1. The average Bonchev–Trinajstić information content (AvgIpc) is 3.21. The maximum absolute atomic E-state index is 12.6. The third-order valence-electron chi connectivity index (χ3n) is 4.28. The second-order valence-corrected chi connectivity index (χ2v) is 6.85. The molecular formula is C17H18N2O4S. The molecule has 24 heavy (non-hydrogen) atoms. The zero-order chi connectivity index (χ0) is 17.3. The topological polar surface area (TPSA) is 79.7 Å². The van der Waals surface area contributed by atoms with Gasteiger partial charge in [0.1, 0.15) is 11.4 Å². The SMILES string of the molecule is COc1cccc([C@H]2CN(C(=O)c3csc(C)n3)C[C@@H]2C(=O)O)c1. The first-order valence-corrected chi connectivity index (χ1v) is 8.45. The van der Waals surface area contributed by atoms with Gasteiger partial charge < -0.3 is 14.7 Å². The molecule has 0 saturated carbocycles. The minimum atomic E-state index is -0.896. The Balaban J connectivity index is 1.86. The van der Waals surface area contributed by atoms with Crippen LogP contribution in [-0.2, 0) is 4.79 Å². The van der Waals surface area contributed by atoms with Gasteiger partial charge in [0.15, 0.2) is 0 Å². The summed E-state index contributed by atoms with van der Waals surface area (Å²) in [6, 6.07) is 7.36. The third-order valence-corrected chi connectivity index (χ3v) is 5.06. The highest BCUT2D eigenvalue weighted by molar-refractivity contribution is 7.09. The summed E-state index contributed by atoms with van der Waals surface area (Å²) in [6.45, 7) is 2.39. The second kappa shape index (κ2) is 6.60. The number of nitrogens with zero attached hydrogens (tertiary/aromatic N) is 2. The summed E-state index contributed by atoms with van der Waals surface area (Å²) in [5.41, 5.74) is 1.25. The Labute approximate surface area is 143 Å². The van der Waals surface area contributed by atoms with E-state index >= 15 is 0 Å². The number of amides is 1. The van der Waals surface area contributed by atoms with Crippen LogP contribution < -0.4 is 4.74 Å². The summed E-state index contributed by atoms with van der Waals surface area (Å²) in [4.78, 5) is 30.0. The van der Waals surface area contributed by atoms with Crippen molar-refractivity contribution in [1.82, 2.24) is 9.88 Å². The Bertz CT molecular complexity index is 773. The number of hydrogen-bond donors (Lipinski definition) is 1. The normalized spacial score (nSPS) is 20.2. The van der Waals surface area contributed by atoms with E-state index in [1.807, 2.05) is 31.2 Å². The van der Waals surface area contributed by atoms with Crippen molar-refractivity contribution < 1.29 is 19.4 Å². The molecule has 2 heterocycles. The smallest absolute Gasteiger partial charge is 0.308 e. The van der Waals surface area contributed by atoms with Gasteiger partial charge in [-0.25, -0.2) is 4.98 Å². The molecule has 2 aromatic rings. The predicted molar refractivity (Wildman–Crippen MR) is 89.6 cm³/mol. The van der Waals surface area contributed by atoms with Crippen LogP contribution in [0.2, 0.25) is 0 Å². The van der Waals surface area contributed by atoms with Crippen LogP contribution in [0.25, 0.3) is 0 Å². The van der Waals surface area contributed by atoms with Crippen molar-refractivity contribution in [2.45, 2.75) is 12.8 Å². The Morgan fingerprint density at radius 3 is 2.79 bits per heavy atom. The summed E-state index contributed by atoms with van der Waals surface area (Å²) >= 11 is 1.41.